The first-order valence-electron chi connectivity index (χ1n) is 7.18. The van der Waals surface area contributed by atoms with Gasteiger partial charge < -0.3 is 10.1 Å². The Kier molecular flexibility index (Phi) is 3.77. The van der Waals surface area contributed by atoms with Crippen molar-refractivity contribution in [2.45, 2.75) is 19.9 Å². The van der Waals surface area contributed by atoms with Gasteiger partial charge in [0.15, 0.2) is 0 Å². The van der Waals surface area contributed by atoms with Crippen molar-refractivity contribution in [2.75, 3.05) is 11.9 Å². The van der Waals surface area contributed by atoms with E-state index in [0.29, 0.717) is 6.61 Å². The van der Waals surface area contributed by atoms with Gasteiger partial charge >= 0.3 is 0 Å². The molecule has 0 spiro atoms. The van der Waals surface area contributed by atoms with Crippen LogP contribution >= 0.6 is 0 Å². The molecule has 0 aliphatic heterocycles. The van der Waals surface area contributed by atoms with E-state index in [1.807, 2.05) is 25.3 Å². The number of aromatic amines is 1. The summed E-state index contributed by atoms with van der Waals surface area (Å²) in [6.07, 6.45) is 1.83. The molecule has 0 fully saturated rings. The number of benzene rings is 2. The van der Waals surface area contributed by atoms with Crippen LogP contribution in [-0.2, 0) is 0 Å². The fourth-order valence-corrected chi connectivity index (χ4v) is 2.38. The van der Waals surface area contributed by atoms with Crippen LogP contribution in [0.2, 0.25) is 0 Å². The van der Waals surface area contributed by atoms with Gasteiger partial charge in [-0.25, -0.2) is 0 Å². The standard InChI is InChI=1S/C17H19N3O/c1-3-21-16-8-5-13(6-9-16)12(2)19-15-7-4-14-11-18-20-17(14)10-15/h4-12,19H,3H2,1-2H3,(H,18,20). The van der Waals surface area contributed by atoms with Crippen LogP contribution < -0.4 is 10.1 Å². The van der Waals surface area contributed by atoms with Crippen LogP contribution in [-0.4, -0.2) is 16.8 Å². The molecule has 4 nitrogen and oxygen atoms in total. The van der Waals surface area contributed by atoms with Gasteiger partial charge in [0.05, 0.1) is 18.3 Å². The molecule has 108 valence electrons. The van der Waals surface area contributed by atoms with Crippen molar-refractivity contribution >= 4 is 16.6 Å². The summed E-state index contributed by atoms with van der Waals surface area (Å²) in [7, 11) is 0. The number of fused-ring (bicyclic) bond motifs is 1. The summed E-state index contributed by atoms with van der Waals surface area (Å²) in [5.41, 5.74) is 3.34. The third kappa shape index (κ3) is 2.99. The smallest absolute Gasteiger partial charge is 0.119 e. The van der Waals surface area contributed by atoms with Gasteiger partial charge in [-0.15, -0.1) is 0 Å². The van der Waals surface area contributed by atoms with Crippen LogP contribution in [0, 0.1) is 0 Å². The second-order valence-electron chi connectivity index (χ2n) is 5.04. The van der Waals surface area contributed by atoms with E-state index in [0.717, 1.165) is 22.3 Å². The summed E-state index contributed by atoms with van der Waals surface area (Å²) in [6, 6.07) is 14.6. The number of nitrogens with one attached hydrogen (secondary N) is 2. The number of hydrogen-bond donors (Lipinski definition) is 2. The lowest BCUT2D eigenvalue weighted by Crippen LogP contribution is -2.06. The van der Waals surface area contributed by atoms with Crippen LogP contribution in [0.15, 0.2) is 48.7 Å². The van der Waals surface area contributed by atoms with Crippen molar-refractivity contribution < 1.29 is 4.74 Å². The molecule has 4 heteroatoms. The Morgan fingerprint density at radius 2 is 2.00 bits per heavy atom. The SMILES string of the molecule is CCOc1ccc(C(C)Nc2ccc3cn[nH]c3c2)cc1. The molecule has 0 aliphatic rings. The highest BCUT2D eigenvalue weighted by Gasteiger charge is 2.06. The fraction of sp³-hybridized carbons (Fsp3) is 0.235. The van der Waals surface area contributed by atoms with E-state index in [-0.39, 0.29) is 6.04 Å². The molecule has 0 bridgehead atoms. The molecule has 3 rings (SSSR count). The third-order valence-corrected chi connectivity index (χ3v) is 3.52. The monoisotopic (exact) mass is 281 g/mol. The van der Waals surface area contributed by atoms with Gasteiger partial charge in [-0.3, -0.25) is 5.10 Å². The first-order chi connectivity index (χ1) is 10.3. The first kappa shape index (κ1) is 13.5. The van der Waals surface area contributed by atoms with Crippen LogP contribution in [0.5, 0.6) is 5.75 Å². The lowest BCUT2D eigenvalue weighted by molar-refractivity contribution is 0.340. The van der Waals surface area contributed by atoms with Crippen molar-refractivity contribution in [3.63, 3.8) is 0 Å². The molecule has 0 aliphatic carbocycles. The minimum Gasteiger partial charge on any atom is -0.494 e. The maximum absolute atomic E-state index is 5.47. The molecule has 1 atom stereocenters. The van der Waals surface area contributed by atoms with Crippen molar-refractivity contribution in [3.05, 3.63) is 54.2 Å². The Balaban J connectivity index is 1.73. The Labute approximate surface area is 124 Å². The van der Waals surface area contributed by atoms with Gasteiger partial charge in [0.1, 0.15) is 5.75 Å². The Morgan fingerprint density at radius 3 is 2.76 bits per heavy atom. The first-order valence-corrected chi connectivity index (χ1v) is 7.18. The quantitative estimate of drug-likeness (QED) is 0.739. The van der Waals surface area contributed by atoms with Crippen molar-refractivity contribution in [3.8, 4) is 5.75 Å². The molecule has 2 aromatic carbocycles. The number of nitrogens with zero attached hydrogens (tertiary/aromatic N) is 1. The van der Waals surface area contributed by atoms with Gasteiger partial charge in [-0.1, -0.05) is 12.1 Å². The Bertz CT molecular complexity index is 718. The number of hydrogen-bond acceptors (Lipinski definition) is 3. The largest absolute Gasteiger partial charge is 0.494 e. The van der Waals surface area contributed by atoms with Crippen LogP contribution in [0.25, 0.3) is 10.9 Å². The van der Waals surface area contributed by atoms with E-state index >= 15 is 0 Å². The van der Waals surface area contributed by atoms with Crippen LogP contribution in [0.3, 0.4) is 0 Å². The summed E-state index contributed by atoms with van der Waals surface area (Å²) in [5.74, 6) is 0.910. The van der Waals surface area contributed by atoms with Gasteiger partial charge in [0, 0.05) is 17.1 Å². The second kappa shape index (κ2) is 5.87. The molecule has 3 aromatic rings. The van der Waals surface area contributed by atoms with Gasteiger partial charge in [0.2, 0.25) is 0 Å². The van der Waals surface area contributed by atoms with E-state index < -0.39 is 0 Å². The molecule has 1 heterocycles. The normalized spacial score (nSPS) is 12.3. The maximum atomic E-state index is 5.47. The minimum absolute atomic E-state index is 0.223. The highest BCUT2D eigenvalue weighted by atomic mass is 16.5. The van der Waals surface area contributed by atoms with Gasteiger partial charge in [-0.2, -0.15) is 5.10 Å². The summed E-state index contributed by atoms with van der Waals surface area (Å²) in [4.78, 5) is 0. The second-order valence-corrected chi connectivity index (χ2v) is 5.04. The van der Waals surface area contributed by atoms with E-state index in [2.05, 4.69) is 52.8 Å². The van der Waals surface area contributed by atoms with E-state index in [1.54, 1.807) is 0 Å². The zero-order valence-corrected chi connectivity index (χ0v) is 12.3. The summed E-state index contributed by atoms with van der Waals surface area (Å²) in [5, 5.41) is 11.7. The third-order valence-electron chi connectivity index (χ3n) is 3.52. The van der Waals surface area contributed by atoms with E-state index in [1.165, 1.54) is 5.56 Å². The van der Waals surface area contributed by atoms with Crippen molar-refractivity contribution in [1.82, 2.24) is 10.2 Å². The van der Waals surface area contributed by atoms with Crippen LogP contribution in [0.1, 0.15) is 25.5 Å². The maximum Gasteiger partial charge on any atom is 0.119 e. The molecule has 0 radical (unpaired) electrons. The number of rotatable bonds is 5. The molecule has 0 saturated carbocycles. The lowest BCUT2D eigenvalue weighted by atomic mass is 10.1. The molecule has 21 heavy (non-hydrogen) atoms. The number of aromatic nitrogens is 2. The molecular weight excluding hydrogens is 262 g/mol. The van der Waals surface area contributed by atoms with E-state index in [4.69, 9.17) is 4.74 Å². The average molecular weight is 281 g/mol. The Hall–Kier alpha value is -2.49. The van der Waals surface area contributed by atoms with Crippen molar-refractivity contribution in [1.29, 1.82) is 0 Å². The molecule has 1 aromatic heterocycles. The van der Waals surface area contributed by atoms with Crippen molar-refractivity contribution in [2.24, 2.45) is 0 Å². The topological polar surface area (TPSA) is 49.9 Å². The molecule has 1 unspecified atom stereocenters. The lowest BCUT2D eigenvalue weighted by Gasteiger charge is -2.16. The van der Waals surface area contributed by atoms with Gasteiger partial charge in [-0.05, 0) is 49.7 Å². The molecule has 0 saturated heterocycles. The number of H-pyrrole nitrogens is 1. The molecule has 2 N–H and O–H groups in total. The number of ether oxygens (including phenoxy) is 1. The molecular formula is C17H19N3O. The molecule has 0 amide bonds. The minimum atomic E-state index is 0.223. The zero-order valence-electron chi connectivity index (χ0n) is 12.3. The highest BCUT2D eigenvalue weighted by Crippen LogP contribution is 2.23. The summed E-state index contributed by atoms with van der Waals surface area (Å²) >= 11 is 0. The number of anilines is 1. The predicted octanol–water partition coefficient (Wildman–Crippen LogP) is 4.13. The average Bonchev–Trinajstić information content (AvgIpc) is 2.96. The summed E-state index contributed by atoms with van der Waals surface area (Å²) < 4.78 is 5.47. The zero-order chi connectivity index (χ0) is 14.7. The Morgan fingerprint density at radius 1 is 1.19 bits per heavy atom. The predicted molar refractivity (Wildman–Crippen MR) is 85.7 cm³/mol. The van der Waals surface area contributed by atoms with E-state index in [9.17, 15) is 0 Å². The van der Waals surface area contributed by atoms with Crippen LogP contribution in [0.4, 0.5) is 5.69 Å². The van der Waals surface area contributed by atoms with Gasteiger partial charge in [0.25, 0.3) is 0 Å². The summed E-state index contributed by atoms with van der Waals surface area (Å²) in [6.45, 7) is 4.83. The highest BCUT2D eigenvalue weighted by molar-refractivity contribution is 5.81. The fourth-order valence-electron chi connectivity index (χ4n) is 2.38.